The molecule has 1 aromatic carbocycles. The SMILES string of the molecule is COc1ccc2nc(C)c(O)c(CC[C@H]3C[C@H]4C(=O)NC5(C(=O)NS(=O)(=O)C6(C)CC6)CC5/C=C\CCCCCC(NC(=O)OC(C)(C)C)C(=O)N4C3)c2c1. The van der Waals surface area contributed by atoms with Crippen LogP contribution in [-0.4, -0.2) is 88.8 Å². The van der Waals surface area contributed by atoms with Gasteiger partial charge in [-0.15, -0.1) is 0 Å². The van der Waals surface area contributed by atoms with Crippen LogP contribution in [0, 0.1) is 18.8 Å². The lowest BCUT2D eigenvalue weighted by Gasteiger charge is -2.30. The Morgan fingerprint density at radius 3 is 2.58 bits per heavy atom. The highest BCUT2D eigenvalue weighted by Crippen LogP contribution is 2.48. The second-order valence-corrected chi connectivity index (χ2v) is 19.2. The molecular weight excluding hydrogens is 727 g/mol. The molecule has 3 unspecified atom stereocenters. The Labute approximate surface area is 323 Å². The average Bonchev–Trinajstić information content (AvgIpc) is 3.99. The number of carbonyl (C=O) groups is 4. The van der Waals surface area contributed by atoms with E-state index in [2.05, 4.69) is 20.3 Å². The highest BCUT2D eigenvalue weighted by molar-refractivity contribution is 7.91. The van der Waals surface area contributed by atoms with Gasteiger partial charge in [0.05, 0.1) is 23.1 Å². The highest BCUT2D eigenvalue weighted by Gasteiger charge is 2.63. The highest BCUT2D eigenvalue weighted by atomic mass is 32.2. The number of hydrogen-bond donors (Lipinski definition) is 4. The largest absolute Gasteiger partial charge is 0.506 e. The van der Waals surface area contributed by atoms with Gasteiger partial charge in [0, 0.05) is 23.4 Å². The maximum absolute atomic E-state index is 14.5. The first-order chi connectivity index (χ1) is 25.9. The van der Waals surface area contributed by atoms with Crippen LogP contribution >= 0.6 is 0 Å². The van der Waals surface area contributed by atoms with Crippen molar-refractivity contribution in [3.8, 4) is 11.5 Å². The summed E-state index contributed by atoms with van der Waals surface area (Å²) in [6.07, 6.45) is 8.59. The Balaban J connectivity index is 1.30. The number of carbonyl (C=O) groups excluding carboxylic acids is 4. The molecule has 55 heavy (non-hydrogen) atoms. The number of amides is 4. The van der Waals surface area contributed by atoms with Crippen LogP contribution in [0.3, 0.4) is 0 Å². The monoisotopic (exact) mass is 781 g/mol. The van der Waals surface area contributed by atoms with Crippen LogP contribution < -0.4 is 20.1 Å². The summed E-state index contributed by atoms with van der Waals surface area (Å²) in [7, 11) is -2.42. The number of nitrogens with one attached hydrogen (secondary N) is 3. The third-order valence-corrected chi connectivity index (χ3v) is 13.7. The zero-order chi connectivity index (χ0) is 39.9. The molecule has 6 rings (SSSR count). The van der Waals surface area contributed by atoms with Crippen molar-refractivity contribution in [2.45, 2.75) is 133 Å². The minimum atomic E-state index is -3.98. The average molecular weight is 782 g/mol. The summed E-state index contributed by atoms with van der Waals surface area (Å²) in [5, 5.41) is 17.6. The fourth-order valence-corrected chi connectivity index (χ4v) is 9.12. The molecule has 0 radical (unpaired) electrons. The number of ether oxygens (including phenoxy) is 2. The molecule has 2 aliphatic heterocycles. The lowest BCUT2D eigenvalue weighted by molar-refractivity contribution is -0.141. The van der Waals surface area contributed by atoms with E-state index in [-0.39, 0.29) is 31.1 Å². The topological polar surface area (TPSA) is 193 Å². The van der Waals surface area contributed by atoms with E-state index in [0.717, 1.165) is 18.2 Å². The first-order valence-corrected chi connectivity index (χ1v) is 20.9. The summed E-state index contributed by atoms with van der Waals surface area (Å²) < 4.78 is 38.5. The van der Waals surface area contributed by atoms with E-state index in [0.29, 0.717) is 67.5 Å². The molecule has 0 bridgehead atoms. The van der Waals surface area contributed by atoms with E-state index in [9.17, 15) is 32.7 Å². The van der Waals surface area contributed by atoms with Crippen molar-refractivity contribution < 1.29 is 42.2 Å². The standard InChI is InChI=1S/C40H55N5O9S/c1-24-33(46)28(29-21-27(53-6)15-17-30(29)41-24)16-14-25-20-32-34(47)43-40(36(49)44-55(51,52)39(5)18-19-39)22-26(40)12-10-8-7-9-11-13-31(35(48)45(32)23-25)42-37(50)54-38(2,3)4/h10,12,15,17,21,25-26,31-32,46H,7-9,11,13-14,16,18-20,22-23H2,1-6H3,(H,42,50)(H,43,47)(H,44,49)/b12-10-/t25-,26?,31?,32-,40?/m0/s1. The van der Waals surface area contributed by atoms with Gasteiger partial charge >= 0.3 is 6.09 Å². The molecule has 2 saturated carbocycles. The predicted molar refractivity (Wildman–Crippen MR) is 206 cm³/mol. The summed E-state index contributed by atoms with van der Waals surface area (Å²) in [5.74, 6) is -1.73. The van der Waals surface area contributed by atoms with Gasteiger partial charge in [-0.3, -0.25) is 19.1 Å². The maximum Gasteiger partial charge on any atom is 0.408 e. The van der Waals surface area contributed by atoms with Gasteiger partial charge in [-0.2, -0.15) is 0 Å². The molecule has 4 N–H and O–H groups in total. The minimum absolute atomic E-state index is 0.0693. The fraction of sp³-hybridized carbons (Fsp3) is 0.625. The summed E-state index contributed by atoms with van der Waals surface area (Å²) >= 11 is 0. The van der Waals surface area contributed by atoms with Gasteiger partial charge in [0.2, 0.25) is 21.8 Å². The number of methoxy groups -OCH3 is 1. The van der Waals surface area contributed by atoms with E-state index in [1.165, 1.54) is 4.90 Å². The van der Waals surface area contributed by atoms with Crippen molar-refractivity contribution in [1.82, 2.24) is 25.2 Å². The van der Waals surface area contributed by atoms with E-state index >= 15 is 0 Å². The van der Waals surface area contributed by atoms with Gasteiger partial charge in [-0.05, 0) is 117 Å². The number of allylic oxidation sites excluding steroid dienone is 1. The number of fused-ring (bicyclic) bond motifs is 3. The first-order valence-electron chi connectivity index (χ1n) is 19.4. The van der Waals surface area contributed by atoms with Crippen LogP contribution in [-0.2, 0) is 35.6 Å². The number of aromatic nitrogens is 1. The van der Waals surface area contributed by atoms with Crippen LogP contribution in [0.1, 0.15) is 103 Å². The van der Waals surface area contributed by atoms with Gasteiger partial charge in [-0.25, -0.2) is 18.2 Å². The van der Waals surface area contributed by atoms with Gasteiger partial charge in [0.1, 0.15) is 34.7 Å². The molecule has 4 amide bonds. The molecule has 300 valence electrons. The summed E-state index contributed by atoms with van der Waals surface area (Å²) in [6, 6.07) is 3.48. The lowest BCUT2D eigenvalue weighted by Crippen LogP contribution is -2.58. The molecule has 5 atom stereocenters. The van der Waals surface area contributed by atoms with Crippen LogP contribution in [0.15, 0.2) is 30.4 Å². The van der Waals surface area contributed by atoms with Crippen LogP contribution in [0.25, 0.3) is 10.9 Å². The molecule has 3 fully saturated rings. The second-order valence-electron chi connectivity index (χ2n) is 17.0. The number of rotatable bonds is 8. The molecule has 2 aliphatic carbocycles. The van der Waals surface area contributed by atoms with Crippen molar-refractivity contribution in [3.63, 3.8) is 0 Å². The normalized spacial score (nSPS) is 27.4. The van der Waals surface area contributed by atoms with E-state index in [1.54, 1.807) is 47.8 Å². The quantitative estimate of drug-likeness (QED) is 0.273. The molecule has 3 heterocycles. The molecule has 15 heteroatoms. The maximum atomic E-state index is 14.5. The molecule has 1 aromatic heterocycles. The summed E-state index contributed by atoms with van der Waals surface area (Å²) in [5.41, 5.74) is -0.437. The molecule has 1 saturated heterocycles. The summed E-state index contributed by atoms with van der Waals surface area (Å²) in [6.45, 7) is 8.72. The van der Waals surface area contributed by atoms with Gasteiger partial charge in [-0.1, -0.05) is 25.0 Å². The molecule has 0 spiro atoms. The second kappa shape index (κ2) is 15.3. The Morgan fingerprint density at radius 1 is 1.15 bits per heavy atom. The smallest absolute Gasteiger partial charge is 0.408 e. The van der Waals surface area contributed by atoms with Crippen LogP contribution in [0.4, 0.5) is 4.79 Å². The molecular formula is C40H55N5O9S. The Bertz CT molecular complexity index is 1990. The lowest BCUT2D eigenvalue weighted by atomic mass is 9.94. The number of benzene rings is 1. The number of aryl methyl sites for hydroxylation is 2. The predicted octanol–water partition coefficient (Wildman–Crippen LogP) is 4.69. The molecule has 14 nitrogen and oxygen atoms in total. The third kappa shape index (κ3) is 8.71. The van der Waals surface area contributed by atoms with Crippen LogP contribution in [0.2, 0.25) is 0 Å². The van der Waals surface area contributed by atoms with Crippen molar-refractivity contribution in [3.05, 3.63) is 41.6 Å². The fourth-order valence-electron chi connectivity index (χ4n) is 7.81. The number of alkyl carbamates (subject to hydrolysis) is 1. The number of sulfonamides is 1. The van der Waals surface area contributed by atoms with Crippen LogP contribution in [0.5, 0.6) is 11.5 Å². The Hall–Kier alpha value is -4.40. The number of pyridine rings is 1. The molecule has 4 aliphatic rings. The zero-order valence-electron chi connectivity index (χ0n) is 32.7. The minimum Gasteiger partial charge on any atom is -0.506 e. The number of nitrogens with zero attached hydrogens (tertiary/aromatic N) is 2. The van der Waals surface area contributed by atoms with E-state index in [4.69, 9.17) is 9.47 Å². The van der Waals surface area contributed by atoms with Crippen molar-refractivity contribution in [2.75, 3.05) is 13.7 Å². The van der Waals surface area contributed by atoms with Gasteiger partial charge in [0.15, 0.2) is 0 Å². The van der Waals surface area contributed by atoms with Gasteiger partial charge < -0.3 is 30.1 Å². The number of aromatic hydroxyl groups is 1. The Morgan fingerprint density at radius 2 is 1.89 bits per heavy atom. The van der Waals surface area contributed by atoms with E-state index in [1.807, 2.05) is 24.3 Å². The van der Waals surface area contributed by atoms with E-state index < -0.39 is 67.7 Å². The third-order valence-electron chi connectivity index (χ3n) is 11.5. The number of hydrogen-bond acceptors (Lipinski definition) is 10. The first kappa shape index (κ1) is 40.3. The molecule has 2 aromatic rings. The van der Waals surface area contributed by atoms with Crippen molar-refractivity contribution in [1.29, 1.82) is 0 Å². The van der Waals surface area contributed by atoms with Crippen molar-refractivity contribution >= 4 is 44.7 Å². The Kier molecular flexibility index (Phi) is 11.2. The zero-order valence-corrected chi connectivity index (χ0v) is 33.5. The summed E-state index contributed by atoms with van der Waals surface area (Å²) in [4.78, 5) is 61.9. The van der Waals surface area contributed by atoms with Gasteiger partial charge in [0.25, 0.3) is 5.91 Å². The van der Waals surface area contributed by atoms with Crippen molar-refractivity contribution in [2.24, 2.45) is 11.8 Å².